The minimum Gasteiger partial charge on any atom is -0.356 e. The molecule has 1 rings (SSSR count). The maximum absolute atomic E-state index is 4.26. The minimum atomic E-state index is 0.0575. The van der Waals surface area contributed by atoms with Gasteiger partial charge in [0.25, 0.3) is 0 Å². The lowest BCUT2D eigenvalue weighted by molar-refractivity contribution is 0.139. The lowest BCUT2D eigenvalue weighted by atomic mass is 9.92. The molecule has 1 fully saturated rings. The molecule has 0 radical (unpaired) electrons. The van der Waals surface area contributed by atoms with Crippen LogP contribution in [0.1, 0.15) is 53.9 Å². The summed E-state index contributed by atoms with van der Waals surface area (Å²) in [4.78, 5) is 6.90. The van der Waals surface area contributed by atoms with Crippen LogP contribution in [0.4, 0.5) is 0 Å². The molecule has 2 N–H and O–H groups in total. The van der Waals surface area contributed by atoms with Crippen LogP contribution in [0, 0.1) is 11.8 Å². The number of nitrogens with zero attached hydrogens (tertiary/aromatic N) is 2. The van der Waals surface area contributed by atoms with Gasteiger partial charge in [-0.05, 0) is 58.4 Å². The molecule has 0 spiro atoms. The van der Waals surface area contributed by atoms with Gasteiger partial charge in [0.15, 0.2) is 5.96 Å². The van der Waals surface area contributed by atoms with E-state index in [1.807, 2.05) is 7.05 Å². The van der Waals surface area contributed by atoms with Gasteiger partial charge in [-0.2, -0.15) is 0 Å². The van der Waals surface area contributed by atoms with Crippen molar-refractivity contribution in [1.82, 2.24) is 15.5 Å². The molecule has 0 aromatic heterocycles. The largest absolute Gasteiger partial charge is 0.356 e. The quantitative estimate of drug-likeness (QED) is 0.465. The number of hydrogen-bond acceptors (Lipinski definition) is 2. The minimum absolute atomic E-state index is 0.0575. The van der Waals surface area contributed by atoms with Crippen molar-refractivity contribution in [3.05, 3.63) is 0 Å². The Morgan fingerprint density at radius 1 is 1.14 bits per heavy atom. The fourth-order valence-corrected chi connectivity index (χ4v) is 3.18. The summed E-state index contributed by atoms with van der Waals surface area (Å²) in [5.74, 6) is 2.63. The Hall–Kier alpha value is -0.770. The molecule has 124 valence electrons. The van der Waals surface area contributed by atoms with Crippen molar-refractivity contribution in [1.29, 1.82) is 0 Å². The van der Waals surface area contributed by atoms with Crippen LogP contribution in [0.2, 0.25) is 0 Å². The third-order valence-corrected chi connectivity index (χ3v) is 3.86. The maximum Gasteiger partial charge on any atom is 0.191 e. The average Bonchev–Trinajstić information content (AvgIpc) is 2.34. The highest BCUT2D eigenvalue weighted by Gasteiger charge is 2.20. The van der Waals surface area contributed by atoms with Crippen molar-refractivity contribution >= 4 is 5.96 Å². The van der Waals surface area contributed by atoms with Crippen LogP contribution in [-0.2, 0) is 0 Å². The third-order valence-electron chi connectivity index (χ3n) is 3.86. The van der Waals surface area contributed by atoms with Gasteiger partial charge in [0.2, 0.25) is 0 Å². The Kier molecular flexibility index (Phi) is 7.50. The van der Waals surface area contributed by atoms with Crippen molar-refractivity contribution < 1.29 is 0 Å². The molecule has 1 saturated heterocycles. The monoisotopic (exact) mass is 296 g/mol. The Labute approximate surface area is 131 Å². The van der Waals surface area contributed by atoms with Gasteiger partial charge in [0.05, 0.1) is 0 Å². The van der Waals surface area contributed by atoms with E-state index in [9.17, 15) is 0 Å². The predicted molar refractivity (Wildman–Crippen MR) is 92.9 cm³/mol. The second-order valence-electron chi connectivity index (χ2n) is 7.79. The summed E-state index contributed by atoms with van der Waals surface area (Å²) in [6, 6.07) is 0. The number of nitrogens with one attached hydrogen (secondary N) is 2. The van der Waals surface area contributed by atoms with Gasteiger partial charge in [-0.1, -0.05) is 13.8 Å². The van der Waals surface area contributed by atoms with Crippen LogP contribution < -0.4 is 10.6 Å². The molecule has 0 aliphatic carbocycles. The lowest BCUT2D eigenvalue weighted by Gasteiger charge is -2.35. The molecule has 0 bridgehead atoms. The maximum atomic E-state index is 4.26. The highest BCUT2D eigenvalue weighted by atomic mass is 15.2. The van der Waals surface area contributed by atoms with Crippen LogP contribution in [0.3, 0.4) is 0 Å². The number of hydrogen-bond donors (Lipinski definition) is 2. The van der Waals surface area contributed by atoms with E-state index in [-0.39, 0.29) is 5.54 Å². The third kappa shape index (κ3) is 8.30. The Balaban J connectivity index is 2.14. The molecule has 0 amide bonds. The van der Waals surface area contributed by atoms with Gasteiger partial charge in [-0.25, -0.2) is 0 Å². The molecule has 2 atom stereocenters. The molecular weight excluding hydrogens is 260 g/mol. The van der Waals surface area contributed by atoms with Crippen molar-refractivity contribution in [2.24, 2.45) is 16.8 Å². The van der Waals surface area contributed by atoms with Crippen LogP contribution in [0.25, 0.3) is 0 Å². The van der Waals surface area contributed by atoms with E-state index in [0.29, 0.717) is 0 Å². The van der Waals surface area contributed by atoms with Gasteiger partial charge in [0.1, 0.15) is 0 Å². The molecule has 1 heterocycles. The molecule has 2 unspecified atom stereocenters. The van der Waals surface area contributed by atoms with E-state index >= 15 is 0 Å². The van der Waals surface area contributed by atoms with E-state index in [0.717, 1.165) is 24.3 Å². The Morgan fingerprint density at radius 2 is 1.76 bits per heavy atom. The van der Waals surface area contributed by atoms with Crippen molar-refractivity contribution in [3.63, 3.8) is 0 Å². The number of piperidine rings is 1. The molecule has 0 aromatic rings. The second kappa shape index (κ2) is 8.62. The Morgan fingerprint density at radius 3 is 2.29 bits per heavy atom. The van der Waals surface area contributed by atoms with Crippen LogP contribution in [0.15, 0.2) is 4.99 Å². The highest BCUT2D eigenvalue weighted by Crippen LogP contribution is 2.20. The van der Waals surface area contributed by atoms with Crippen molar-refractivity contribution in [3.8, 4) is 0 Å². The smallest absolute Gasteiger partial charge is 0.191 e. The summed E-state index contributed by atoms with van der Waals surface area (Å²) in [5, 5.41) is 6.79. The summed E-state index contributed by atoms with van der Waals surface area (Å²) in [5.41, 5.74) is 0.0575. The van der Waals surface area contributed by atoms with Gasteiger partial charge in [-0.15, -0.1) is 0 Å². The topological polar surface area (TPSA) is 39.7 Å². The van der Waals surface area contributed by atoms with Crippen LogP contribution >= 0.6 is 0 Å². The van der Waals surface area contributed by atoms with Gasteiger partial charge >= 0.3 is 0 Å². The molecule has 0 saturated carbocycles. The summed E-state index contributed by atoms with van der Waals surface area (Å²) in [7, 11) is 1.83. The number of unbranched alkanes of at least 4 members (excludes halogenated alkanes) is 1. The standard InChI is InChI=1S/C17H36N4/c1-14-11-15(2)13-21(12-14)10-8-7-9-19-16(18-6)20-17(3,4)5/h14-15H,7-13H2,1-6H3,(H2,18,19,20). The van der Waals surface area contributed by atoms with E-state index in [1.165, 1.54) is 38.9 Å². The summed E-state index contributed by atoms with van der Waals surface area (Å²) in [6.45, 7) is 16.0. The molecule has 4 nitrogen and oxygen atoms in total. The molecule has 0 aromatic carbocycles. The average molecular weight is 297 g/mol. The zero-order valence-corrected chi connectivity index (χ0v) is 15.0. The molecule has 21 heavy (non-hydrogen) atoms. The lowest BCUT2D eigenvalue weighted by Crippen LogP contribution is -2.47. The van der Waals surface area contributed by atoms with Gasteiger partial charge < -0.3 is 15.5 Å². The number of guanidine groups is 1. The number of rotatable bonds is 5. The zero-order valence-electron chi connectivity index (χ0n) is 15.0. The number of likely N-dealkylation sites (tertiary alicyclic amines) is 1. The first-order valence-corrected chi connectivity index (χ1v) is 8.51. The Bertz CT molecular complexity index is 309. The highest BCUT2D eigenvalue weighted by molar-refractivity contribution is 5.80. The van der Waals surface area contributed by atoms with E-state index in [4.69, 9.17) is 0 Å². The van der Waals surface area contributed by atoms with Gasteiger partial charge in [0, 0.05) is 32.2 Å². The van der Waals surface area contributed by atoms with Crippen molar-refractivity contribution in [2.75, 3.05) is 33.2 Å². The number of aliphatic imine (C=N–C) groups is 1. The van der Waals surface area contributed by atoms with E-state index < -0.39 is 0 Å². The summed E-state index contributed by atoms with van der Waals surface area (Å²) >= 11 is 0. The molecular formula is C17H36N4. The fourth-order valence-electron chi connectivity index (χ4n) is 3.18. The second-order valence-corrected chi connectivity index (χ2v) is 7.79. The zero-order chi connectivity index (χ0) is 15.9. The first-order valence-electron chi connectivity index (χ1n) is 8.51. The van der Waals surface area contributed by atoms with Crippen molar-refractivity contribution in [2.45, 2.75) is 59.4 Å². The van der Waals surface area contributed by atoms with E-state index in [1.54, 1.807) is 0 Å². The summed E-state index contributed by atoms with van der Waals surface area (Å²) in [6.07, 6.45) is 3.86. The predicted octanol–water partition coefficient (Wildman–Crippen LogP) is 2.71. The van der Waals surface area contributed by atoms with Gasteiger partial charge in [-0.3, -0.25) is 4.99 Å². The molecule has 1 aliphatic rings. The van der Waals surface area contributed by atoms with Crippen LogP contribution in [0.5, 0.6) is 0 Å². The normalized spacial score (nSPS) is 25.0. The fraction of sp³-hybridized carbons (Fsp3) is 0.941. The first-order chi connectivity index (χ1) is 9.80. The first kappa shape index (κ1) is 18.3. The van der Waals surface area contributed by atoms with E-state index in [2.05, 4.69) is 55.1 Å². The molecule has 1 aliphatic heterocycles. The molecule has 4 heteroatoms. The SMILES string of the molecule is CN=C(NCCCCN1CC(C)CC(C)C1)NC(C)(C)C. The van der Waals surface area contributed by atoms with Crippen LogP contribution in [-0.4, -0.2) is 49.6 Å². The summed E-state index contributed by atoms with van der Waals surface area (Å²) < 4.78 is 0.